The van der Waals surface area contributed by atoms with E-state index in [1.54, 1.807) is 12.1 Å². The van der Waals surface area contributed by atoms with Gasteiger partial charge in [-0.25, -0.2) is 15.0 Å². The van der Waals surface area contributed by atoms with Gasteiger partial charge in [0.25, 0.3) is 0 Å². The molecule has 1 N–H and O–H groups in total. The minimum atomic E-state index is -4.30. The number of hydrogen-bond donors (Lipinski definition) is 1. The summed E-state index contributed by atoms with van der Waals surface area (Å²) in [7, 11) is 0. The Labute approximate surface area is 218 Å². The number of nitrogens with zero attached hydrogens (tertiary/aromatic N) is 6. The van der Waals surface area contributed by atoms with E-state index in [0.29, 0.717) is 30.9 Å². The topological polar surface area (TPSA) is 73.8 Å². The van der Waals surface area contributed by atoms with Crippen LogP contribution in [0.4, 0.5) is 19.0 Å². The molecule has 0 radical (unpaired) electrons. The standard InChI is InChI=1S/C28H28F3N7/c1-17-9-22(11-23-10-18(2)35-36-23)34-27(33-17)20-5-8-26(32-13-20)37-15-24-12-25(16-37)38(24)14-19-3-6-21(7-4-19)28(29,30)31/h3-10,13,24-25H,11-12,14-16H2,1-2H3,(H,35,36). The zero-order valence-electron chi connectivity index (χ0n) is 21.2. The number of aryl methyl sites for hydroxylation is 2. The highest BCUT2D eigenvalue weighted by Gasteiger charge is 2.44. The van der Waals surface area contributed by atoms with Gasteiger partial charge in [-0.2, -0.15) is 18.3 Å². The van der Waals surface area contributed by atoms with Crippen molar-refractivity contribution in [3.63, 3.8) is 0 Å². The van der Waals surface area contributed by atoms with Crippen molar-refractivity contribution in [2.75, 3.05) is 18.0 Å². The van der Waals surface area contributed by atoms with Gasteiger partial charge in [0.05, 0.1) is 17.0 Å². The van der Waals surface area contributed by atoms with Crippen molar-refractivity contribution in [3.8, 4) is 11.4 Å². The summed E-state index contributed by atoms with van der Waals surface area (Å²) >= 11 is 0. The van der Waals surface area contributed by atoms with Crippen molar-refractivity contribution in [2.45, 2.75) is 51.5 Å². The molecule has 38 heavy (non-hydrogen) atoms. The second-order valence-electron chi connectivity index (χ2n) is 10.3. The van der Waals surface area contributed by atoms with E-state index in [1.165, 1.54) is 12.1 Å². The summed E-state index contributed by atoms with van der Waals surface area (Å²) in [5.41, 5.74) is 4.93. The molecule has 7 rings (SSSR count). The third-order valence-electron chi connectivity index (χ3n) is 7.35. The van der Waals surface area contributed by atoms with Crippen molar-refractivity contribution in [1.29, 1.82) is 0 Å². The van der Waals surface area contributed by atoms with Gasteiger partial charge in [-0.3, -0.25) is 10.00 Å². The van der Waals surface area contributed by atoms with Crippen molar-refractivity contribution in [2.24, 2.45) is 0 Å². The van der Waals surface area contributed by atoms with Gasteiger partial charge < -0.3 is 4.90 Å². The van der Waals surface area contributed by atoms with Crippen LogP contribution in [0.1, 0.15) is 40.3 Å². The highest BCUT2D eigenvalue weighted by molar-refractivity contribution is 5.57. The van der Waals surface area contributed by atoms with Gasteiger partial charge in [0.2, 0.25) is 0 Å². The molecule has 2 unspecified atom stereocenters. The molecule has 3 aliphatic heterocycles. The molecule has 0 amide bonds. The third-order valence-corrected chi connectivity index (χ3v) is 7.35. The molecule has 2 atom stereocenters. The van der Waals surface area contributed by atoms with Crippen LogP contribution in [0.3, 0.4) is 0 Å². The molecule has 3 aromatic heterocycles. The average Bonchev–Trinajstić information content (AvgIpc) is 3.31. The van der Waals surface area contributed by atoms with Crippen molar-refractivity contribution in [1.82, 2.24) is 30.0 Å². The predicted molar refractivity (Wildman–Crippen MR) is 138 cm³/mol. The molecule has 3 aliphatic rings. The smallest absolute Gasteiger partial charge is 0.353 e. The molecule has 6 heterocycles. The zero-order chi connectivity index (χ0) is 26.4. The fraction of sp³-hybridized carbons (Fsp3) is 0.357. The monoisotopic (exact) mass is 519 g/mol. The Bertz CT molecular complexity index is 1420. The number of benzene rings is 1. The first kappa shape index (κ1) is 24.5. The molecular formula is C28H28F3N7. The van der Waals surface area contributed by atoms with Gasteiger partial charge in [-0.15, -0.1) is 0 Å². The van der Waals surface area contributed by atoms with Gasteiger partial charge in [0.15, 0.2) is 5.82 Å². The molecule has 3 fully saturated rings. The molecule has 4 aromatic rings. The van der Waals surface area contributed by atoms with E-state index in [1.807, 2.05) is 44.3 Å². The summed E-state index contributed by atoms with van der Waals surface area (Å²) in [4.78, 5) is 18.8. The normalized spacial score (nSPS) is 19.4. The van der Waals surface area contributed by atoms with E-state index >= 15 is 0 Å². The molecule has 0 saturated carbocycles. The average molecular weight is 520 g/mol. The number of anilines is 1. The molecule has 196 valence electrons. The van der Waals surface area contributed by atoms with Crippen molar-refractivity contribution in [3.05, 3.63) is 88.6 Å². The summed E-state index contributed by atoms with van der Waals surface area (Å²) in [5.74, 6) is 1.56. The van der Waals surface area contributed by atoms with Crippen LogP contribution in [0, 0.1) is 13.8 Å². The number of hydrogen-bond acceptors (Lipinski definition) is 6. The third kappa shape index (κ3) is 5.00. The second kappa shape index (κ2) is 9.50. The van der Waals surface area contributed by atoms with Crippen LogP contribution in [0.15, 0.2) is 54.7 Å². The maximum absolute atomic E-state index is 12.9. The molecule has 10 heteroatoms. The number of halogens is 3. The first-order valence-electron chi connectivity index (χ1n) is 12.7. The Kier molecular flexibility index (Phi) is 6.14. The number of piperazine rings is 1. The highest BCUT2D eigenvalue weighted by atomic mass is 19.4. The van der Waals surface area contributed by atoms with E-state index < -0.39 is 11.7 Å². The molecule has 2 bridgehead atoms. The lowest BCUT2D eigenvalue weighted by molar-refractivity contribution is -0.137. The molecule has 0 spiro atoms. The number of H-pyrrole nitrogens is 1. The van der Waals surface area contributed by atoms with E-state index in [2.05, 4.69) is 25.0 Å². The van der Waals surface area contributed by atoms with E-state index in [-0.39, 0.29) is 0 Å². The van der Waals surface area contributed by atoms with Crippen LogP contribution in [0.5, 0.6) is 0 Å². The van der Waals surface area contributed by atoms with Gasteiger partial charge in [0.1, 0.15) is 5.82 Å². The van der Waals surface area contributed by atoms with Crippen LogP contribution in [0.25, 0.3) is 11.4 Å². The summed E-state index contributed by atoms with van der Waals surface area (Å²) in [6.45, 7) is 6.29. The Morgan fingerprint density at radius 2 is 1.71 bits per heavy atom. The van der Waals surface area contributed by atoms with Crippen LogP contribution in [-0.4, -0.2) is 55.2 Å². The van der Waals surface area contributed by atoms with E-state index in [0.717, 1.165) is 59.2 Å². The summed E-state index contributed by atoms with van der Waals surface area (Å²) < 4.78 is 38.6. The van der Waals surface area contributed by atoms with Gasteiger partial charge >= 0.3 is 6.18 Å². The number of pyridine rings is 1. The van der Waals surface area contributed by atoms with Gasteiger partial charge in [-0.05, 0) is 62.2 Å². The minimum absolute atomic E-state index is 0.367. The van der Waals surface area contributed by atoms with E-state index in [9.17, 15) is 13.2 Å². The minimum Gasteiger partial charge on any atom is -0.353 e. The van der Waals surface area contributed by atoms with Gasteiger partial charge in [-0.1, -0.05) is 12.1 Å². The number of fused-ring (bicyclic) bond motifs is 2. The first-order chi connectivity index (χ1) is 18.2. The number of alkyl halides is 3. The maximum atomic E-state index is 12.9. The quantitative estimate of drug-likeness (QED) is 0.389. The first-order valence-corrected chi connectivity index (χ1v) is 12.7. The lowest BCUT2D eigenvalue weighted by atomic mass is 9.86. The predicted octanol–water partition coefficient (Wildman–Crippen LogP) is 4.95. The fourth-order valence-corrected chi connectivity index (χ4v) is 5.45. The summed E-state index contributed by atoms with van der Waals surface area (Å²) in [5, 5.41) is 7.28. The molecule has 7 nitrogen and oxygen atoms in total. The lowest BCUT2D eigenvalue weighted by Crippen LogP contribution is -2.68. The highest BCUT2D eigenvalue weighted by Crippen LogP contribution is 2.36. The molecule has 3 saturated heterocycles. The van der Waals surface area contributed by atoms with E-state index in [4.69, 9.17) is 9.97 Å². The largest absolute Gasteiger partial charge is 0.416 e. The Morgan fingerprint density at radius 1 is 0.947 bits per heavy atom. The summed E-state index contributed by atoms with van der Waals surface area (Å²) in [6, 6.07) is 14.3. The Morgan fingerprint density at radius 3 is 2.34 bits per heavy atom. The molecule has 1 aromatic carbocycles. The lowest BCUT2D eigenvalue weighted by Gasteiger charge is -2.56. The number of piperidine rings is 1. The number of aromatic nitrogens is 5. The Hall–Kier alpha value is -3.79. The fourth-order valence-electron chi connectivity index (χ4n) is 5.45. The van der Waals surface area contributed by atoms with Crippen LogP contribution in [0.2, 0.25) is 0 Å². The number of nitrogens with one attached hydrogen (secondary N) is 1. The van der Waals surface area contributed by atoms with Gasteiger partial charge in [0, 0.05) is 61.3 Å². The van der Waals surface area contributed by atoms with Crippen LogP contribution >= 0.6 is 0 Å². The number of rotatable bonds is 6. The molecule has 0 aliphatic carbocycles. The van der Waals surface area contributed by atoms with Crippen molar-refractivity contribution < 1.29 is 13.2 Å². The summed E-state index contributed by atoms with van der Waals surface area (Å²) in [6.07, 6.45) is -0.745. The van der Waals surface area contributed by atoms with Crippen LogP contribution in [-0.2, 0) is 19.1 Å². The van der Waals surface area contributed by atoms with Crippen LogP contribution < -0.4 is 4.90 Å². The number of aromatic amines is 1. The SMILES string of the molecule is Cc1cc(Cc2cc(C)[nH]n2)nc(-c2ccc(N3CC4CC(C3)N4Cc3ccc(C(F)(F)F)cc3)nc2)n1. The molecular weight excluding hydrogens is 491 g/mol. The zero-order valence-corrected chi connectivity index (χ0v) is 21.2. The second-order valence-corrected chi connectivity index (χ2v) is 10.3. The maximum Gasteiger partial charge on any atom is 0.416 e. The van der Waals surface area contributed by atoms with Crippen molar-refractivity contribution >= 4 is 5.82 Å². The Balaban J connectivity index is 1.10.